The summed E-state index contributed by atoms with van der Waals surface area (Å²) in [6.07, 6.45) is 3.52. The monoisotopic (exact) mass is 398 g/mol. The lowest BCUT2D eigenvalue weighted by molar-refractivity contribution is -0.385. The molecule has 4 aromatic rings. The van der Waals surface area contributed by atoms with Crippen molar-refractivity contribution >= 4 is 28.7 Å². The Balaban J connectivity index is 1.58. The maximum atomic E-state index is 12.3. The van der Waals surface area contributed by atoms with Crippen molar-refractivity contribution in [2.45, 2.75) is 6.54 Å². The fraction of sp³-hybridized carbons (Fsp3) is 0.0435. The largest absolute Gasteiger partial charge is 0.342 e. The predicted molar refractivity (Wildman–Crippen MR) is 116 cm³/mol. The fourth-order valence-corrected chi connectivity index (χ4v) is 3.33. The number of hydrazone groups is 1. The molecule has 0 aliphatic rings. The molecule has 1 amide bonds. The van der Waals surface area contributed by atoms with Crippen molar-refractivity contribution in [3.8, 4) is 0 Å². The van der Waals surface area contributed by atoms with E-state index in [2.05, 4.69) is 27.2 Å². The second kappa shape index (κ2) is 8.40. The van der Waals surface area contributed by atoms with Gasteiger partial charge in [-0.3, -0.25) is 14.9 Å². The number of amides is 1. The first-order valence-electron chi connectivity index (χ1n) is 9.32. The van der Waals surface area contributed by atoms with Crippen molar-refractivity contribution in [1.29, 1.82) is 0 Å². The van der Waals surface area contributed by atoms with E-state index in [-0.39, 0.29) is 11.3 Å². The first kappa shape index (κ1) is 19.1. The molecule has 4 rings (SSSR count). The van der Waals surface area contributed by atoms with Gasteiger partial charge in [-0.05, 0) is 17.7 Å². The Hall–Kier alpha value is -4.26. The van der Waals surface area contributed by atoms with E-state index in [1.165, 1.54) is 23.8 Å². The van der Waals surface area contributed by atoms with Gasteiger partial charge < -0.3 is 4.57 Å². The minimum atomic E-state index is -0.633. The number of hydrogen-bond donors (Lipinski definition) is 1. The van der Waals surface area contributed by atoms with Gasteiger partial charge in [0.15, 0.2) is 0 Å². The highest BCUT2D eigenvalue weighted by atomic mass is 16.6. The van der Waals surface area contributed by atoms with Crippen LogP contribution in [0.25, 0.3) is 10.9 Å². The van der Waals surface area contributed by atoms with Crippen molar-refractivity contribution in [2.75, 3.05) is 0 Å². The molecule has 0 spiro atoms. The number of benzene rings is 3. The number of nitrogens with one attached hydrogen (secondary N) is 1. The number of nitro groups is 1. The van der Waals surface area contributed by atoms with Crippen LogP contribution in [0.2, 0.25) is 0 Å². The van der Waals surface area contributed by atoms with Crippen molar-refractivity contribution in [3.63, 3.8) is 0 Å². The lowest BCUT2D eigenvalue weighted by atomic mass is 10.2. The molecule has 1 N–H and O–H groups in total. The number of nitro benzene ring substituents is 1. The third kappa shape index (κ3) is 3.95. The van der Waals surface area contributed by atoms with Crippen molar-refractivity contribution in [2.24, 2.45) is 5.10 Å². The minimum Gasteiger partial charge on any atom is -0.342 e. The molecule has 0 unspecified atom stereocenters. The SMILES string of the molecule is O=C(NN=Cc1cn(Cc2ccccc2)c2ccccc12)c1ccccc1[N+](=O)[O-]. The molecule has 1 aromatic heterocycles. The highest BCUT2D eigenvalue weighted by Gasteiger charge is 2.18. The molecular weight excluding hydrogens is 380 g/mol. The summed E-state index contributed by atoms with van der Waals surface area (Å²) in [7, 11) is 0. The molecule has 0 saturated carbocycles. The summed E-state index contributed by atoms with van der Waals surface area (Å²) < 4.78 is 2.12. The molecule has 1 heterocycles. The topological polar surface area (TPSA) is 89.5 Å². The van der Waals surface area contributed by atoms with Gasteiger partial charge in [-0.1, -0.05) is 60.7 Å². The summed E-state index contributed by atoms with van der Waals surface area (Å²) in [6, 6.07) is 23.8. The molecule has 0 radical (unpaired) electrons. The zero-order valence-corrected chi connectivity index (χ0v) is 15.9. The van der Waals surface area contributed by atoms with Gasteiger partial charge in [0.25, 0.3) is 11.6 Å². The molecule has 7 nitrogen and oxygen atoms in total. The molecule has 3 aromatic carbocycles. The summed E-state index contributed by atoms with van der Waals surface area (Å²) in [4.78, 5) is 22.9. The van der Waals surface area contributed by atoms with Crippen molar-refractivity contribution in [1.82, 2.24) is 9.99 Å². The van der Waals surface area contributed by atoms with Crippen LogP contribution < -0.4 is 5.43 Å². The number of carbonyl (C=O) groups excluding carboxylic acids is 1. The molecule has 30 heavy (non-hydrogen) atoms. The number of para-hydroxylation sites is 2. The van der Waals surface area contributed by atoms with Crippen molar-refractivity contribution in [3.05, 3.63) is 112 Å². The van der Waals surface area contributed by atoms with Gasteiger partial charge in [-0.25, -0.2) is 5.43 Å². The van der Waals surface area contributed by atoms with Crippen LogP contribution in [-0.4, -0.2) is 21.6 Å². The van der Waals surface area contributed by atoms with Gasteiger partial charge in [-0.15, -0.1) is 0 Å². The summed E-state index contributed by atoms with van der Waals surface area (Å²) in [6.45, 7) is 0.706. The van der Waals surface area contributed by atoms with Crippen LogP contribution in [0.15, 0.2) is 90.2 Å². The molecule has 7 heteroatoms. The van der Waals surface area contributed by atoms with E-state index in [9.17, 15) is 14.9 Å². The van der Waals surface area contributed by atoms with Crippen LogP contribution in [0.5, 0.6) is 0 Å². The van der Waals surface area contributed by atoms with E-state index in [1.807, 2.05) is 48.7 Å². The van der Waals surface area contributed by atoms with Gasteiger partial charge in [0.1, 0.15) is 5.56 Å². The Morgan fingerprint density at radius 2 is 1.70 bits per heavy atom. The number of hydrogen-bond acceptors (Lipinski definition) is 4. The zero-order valence-electron chi connectivity index (χ0n) is 15.9. The second-order valence-electron chi connectivity index (χ2n) is 6.69. The Morgan fingerprint density at radius 1 is 1.00 bits per heavy atom. The lowest BCUT2D eigenvalue weighted by Crippen LogP contribution is -2.18. The van der Waals surface area contributed by atoms with Gasteiger partial charge in [-0.2, -0.15) is 5.10 Å². The van der Waals surface area contributed by atoms with E-state index in [0.29, 0.717) is 6.54 Å². The van der Waals surface area contributed by atoms with Crippen LogP contribution in [0.1, 0.15) is 21.5 Å². The van der Waals surface area contributed by atoms with Gasteiger partial charge in [0.2, 0.25) is 0 Å². The Labute approximate surface area is 172 Å². The number of nitrogens with zero attached hydrogens (tertiary/aromatic N) is 3. The number of carbonyl (C=O) groups is 1. The molecule has 148 valence electrons. The summed E-state index contributed by atoms with van der Waals surface area (Å²) in [5.41, 5.74) is 5.15. The van der Waals surface area contributed by atoms with Crippen LogP contribution >= 0.6 is 0 Å². The van der Waals surface area contributed by atoms with E-state index in [4.69, 9.17) is 0 Å². The third-order valence-electron chi connectivity index (χ3n) is 4.73. The molecule has 0 saturated heterocycles. The van der Waals surface area contributed by atoms with Crippen LogP contribution in [-0.2, 0) is 6.54 Å². The predicted octanol–water partition coefficient (Wildman–Crippen LogP) is 4.36. The summed E-state index contributed by atoms with van der Waals surface area (Å²) >= 11 is 0. The van der Waals surface area contributed by atoms with Gasteiger partial charge in [0.05, 0.1) is 11.1 Å². The average Bonchev–Trinajstić information content (AvgIpc) is 3.12. The number of rotatable bonds is 6. The molecule has 0 atom stereocenters. The molecule has 0 bridgehead atoms. The summed E-state index contributed by atoms with van der Waals surface area (Å²) in [5, 5.41) is 16.1. The van der Waals surface area contributed by atoms with Crippen LogP contribution in [0, 0.1) is 10.1 Å². The van der Waals surface area contributed by atoms with Crippen LogP contribution in [0.4, 0.5) is 5.69 Å². The first-order chi connectivity index (χ1) is 14.6. The fourth-order valence-electron chi connectivity index (χ4n) is 3.33. The van der Waals surface area contributed by atoms with E-state index in [1.54, 1.807) is 12.3 Å². The van der Waals surface area contributed by atoms with Crippen LogP contribution in [0.3, 0.4) is 0 Å². The average molecular weight is 398 g/mol. The molecule has 0 fully saturated rings. The van der Waals surface area contributed by atoms with E-state index in [0.717, 1.165) is 16.5 Å². The van der Waals surface area contributed by atoms with Gasteiger partial charge >= 0.3 is 0 Å². The first-order valence-corrected chi connectivity index (χ1v) is 9.32. The highest BCUT2D eigenvalue weighted by Crippen LogP contribution is 2.21. The summed E-state index contributed by atoms with van der Waals surface area (Å²) in [5.74, 6) is -0.633. The normalized spacial score (nSPS) is 11.1. The molecular formula is C23H18N4O3. The number of aromatic nitrogens is 1. The lowest BCUT2D eigenvalue weighted by Gasteiger charge is -2.05. The standard InChI is InChI=1S/C23H18N4O3/c28-23(20-11-5-7-13-22(20)27(29)30)25-24-14-18-16-26(15-17-8-2-1-3-9-17)21-12-6-4-10-19(18)21/h1-14,16H,15H2,(H,25,28). The Kier molecular flexibility index (Phi) is 5.34. The zero-order chi connectivity index (χ0) is 20.9. The maximum absolute atomic E-state index is 12.3. The maximum Gasteiger partial charge on any atom is 0.282 e. The van der Waals surface area contributed by atoms with E-state index < -0.39 is 10.8 Å². The van der Waals surface area contributed by atoms with E-state index >= 15 is 0 Å². The third-order valence-corrected chi connectivity index (χ3v) is 4.73. The molecule has 0 aliphatic heterocycles. The minimum absolute atomic E-state index is 0.0360. The van der Waals surface area contributed by atoms with Gasteiger partial charge in [0, 0.05) is 35.3 Å². The Morgan fingerprint density at radius 3 is 2.50 bits per heavy atom. The van der Waals surface area contributed by atoms with Crippen molar-refractivity contribution < 1.29 is 9.72 Å². The number of fused-ring (bicyclic) bond motifs is 1. The quantitative estimate of drug-likeness (QED) is 0.297. The highest BCUT2D eigenvalue weighted by molar-refractivity contribution is 6.01. The Bertz CT molecular complexity index is 1250. The smallest absolute Gasteiger partial charge is 0.282 e. The molecule has 0 aliphatic carbocycles. The second-order valence-corrected chi connectivity index (χ2v) is 6.69.